The van der Waals surface area contributed by atoms with E-state index in [9.17, 15) is 0 Å². The van der Waals surface area contributed by atoms with Gasteiger partial charge in [-0.15, -0.1) is 0 Å². The molecule has 0 aromatic heterocycles. The van der Waals surface area contributed by atoms with Gasteiger partial charge >= 0.3 is 0 Å². The predicted octanol–water partition coefficient (Wildman–Crippen LogP) is 3.13. The molecule has 0 aliphatic carbocycles. The smallest absolute Gasteiger partial charge is 0.0491 e. The fourth-order valence-corrected chi connectivity index (χ4v) is 1.98. The van der Waals surface area contributed by atoms with Gasteiger partial charge in [0.05, 0.1) is 0 Å². The Morgan fingerprint density at radius 2 is 1.85 bits per heavy atom. The van der Waals surface area contributed by atoms with Crippen LogP contribution in [0.5, 0.6) is 0 Å². The normalized spacial score (nSPS) is 15.8. The van der Waals surface area contributed by atoms with Crippen molar-refractivity contribution in [2.45, 2.75) is 26.7 Å². The van der Waals surface area contributed by atoms with E-state index >= 15 is 0 Å². The molecule has 0 spiro atoms. The highest BCUT2D eigenvalue weighted by Crippen LogP contribution is 2.34. The second-order valence-corrected chi connectivity index (χ2v) is 9.33. The summed E-state index contributed by atoms with van der Waals surface area (Å²) in [6.45, 7) is 6.35. The van der Waals surface area contributed by atoms with Crippen molar-refractivity contribution >= 4 is 10.0 Å². The van der Waals surface area contributed by atoms with Gasteiger partial charge in [0.25, 0.3) is 0 Å². The quantitative estimate of drug-likeness (QED) is 0.582. The molecule has 0 heterocycles. The number of rotatable bonds is 7. The minimum atomic E-state index is -0.310. The van der Waals surface area contributed by atoms with Crippen LogP contribution in [0, 0.1) is 5.92 Å². The van der Waals surface area contributed by atoms with Crippen LogP contribution in [-0.2, 0) is 4.74 Å². The standard InChI is InChI=1S/C11H26OS/c1-6-11(2)10-12-8-7-9-13(3,4)5/h11H,6-10H2,1-5H3. The topological polar surface area (TPSA) is 9.23 Å². The van der Waals surface area contributed by atoms with Gasteiger partial charge in [0, 0.05) is 13.2 Å². The highest BCUT2D eigenvalue weighted by molar-refractivity contribution is 8.32. The lowest BCUT2D eigenvalue weighted by molar-refractivity contribution is 0.105. The molecule has 2 heteroatoms. The molecule has 0 saturated heterocycles. The van der Waals surface area contributed by atoms with Gasteiger partial charge in [0.1, 0.15) is 0 Å². The maximum Gasteiger partial charge on any atom is 0.0491 e. The summed E-state index contributed by atoms with van der Waals surface area (Å²) in [6, 6.07) is 0. The maximum absolute atomic E-state index is 5.60. The second kappa shape index (κ2) is 6.72. The Morgan fingerprint density at radius 1 is 1.23 bits per heavy atom. The molecule has 0 aromatic carbocycles. The van der Waals surface area contributed by atoms with Gasteiger partial charge in [-0.25, -0.2) is 10.0 Å². The first-order valence-electron chi connectivity index (χ1n) is 5.19. The summed E-state index contributed by atoms with van der Waals surface area (Å²) in [6.07, 6.45) is 9.55. The Balaban J connectivity index is 3.18. The third-order valence-electron chi connectivity index (χ3n) is 2.14. The van der Waals surface area contributed by atoms with Gasteiger partial charge in [0.2, 0.25) is 0 Å². The van der Waals surface area contributed by atoms with E-state index < -0.39 is 0 Å². The minimum Gasteiger partial charge on any atom is -0.381 e. The highest BCUT2D eigenvalue weighted by Gasteiger charge is 2.03. The van der Waals surface area contributed by atoms with Crippen LogP contribution in [0.1, 0.15) is 26.7 Å². The van der Waals surface area contributed by atoms with E-state index in [1.807, 2.05) is 0 Å². The van der Waals surface area contributed by atoms with E-state index in [-0.39, 0.29) is 10.0 Å². The van der Waals surface area contributed by atoms with Gasteiger partial charge < -0.3 is 4.74 Å². The van der Waals surface area contributed by atoms with Gasteiger partial charge in [-0.05, 0) is 36.9 Å². The lowest BCUT2D eigenvalue weighted by atomic mass is 10.1. The zero-order valence-corrected chi connectivity index (χ0v) is 10.7. The molecule has 82 valence electrons. The molecule has 1 atom stereocenters. The van der Waals surface area contributed by atoms with Crippen molar-refractivity contribution in [1.29, 1.82) is 0 Å². The molecule has 1 unspecified atom stereocenters. The van der Waals surface area contributed by atoms with Crippen LogP contribution in [0.15, 0.2) is 0 Å². The summed E-state index contributed by atoms with van der Waals surface area (Å²) in [5, 5.41) is 0. The van der Waals surface area contributed by atoms with E-state index in [1.165, 1.54) is 18.6 Å². The van der Waals surface area contributed by atoms with E-state index in [1.54, 1.807) is 0 Å². The highest BCUT2D eigenvalue weighted by atomic mass is 32.3. The molecule has 0 radical (unpaired) electrons. The fraction of sp³-hybridized carbons (Fsp3) is 1.00. The largest absolute Gasteiger partial charge is 0.381 e. The van der Waals surface area contributed by atoms with Crippen molar-refractivity contribution in [2.24, 2.45) is 5.92 Å². The molecule has 0 aliphatic heterocycles. The Bertz CT molecular complexity index is 118. The summed E-state index contributed by atoms with van der Waals surface area (Å²) in [5.74, 6) is 2.06. The Kier molecular flexibility index (Phi) is 6.88. The molecule has 0 N–H and O–H groups in total. The molecular weight excluding hydrogens is 180 g/mol. The van der Waals surface area contributed by atoms with Crippen molar-refractivity contribution in [3.05, 3.63) is 0 Å². The first kappa shape index (κ1) is 13.3. The van der Waals surface area contributed by atoms with E-state index in [4.69, 9.17) is 4.74 Å². The molecule has 0 rings (SSSR count). The molecule has 1 nitrogen and oxygen atoms in total. The Morgan fingerprint density at radius 3 is 2.31 bits per heavy atom. The molecule has 0 amide bonds. The third-order valence-corrected chi connectivity index (χ3v) is 3.66. The minimum absolute atomic E-state index is 0.310. The molecule has 0 fully saturated rings. The molecule has 13 heavy (non-hydrogen) atoms. The molecule has 0 saturated carbocycles. The van der Waals surface area contributed by atoms with E-state index in [2.05, 4.69) is 32.6 Å². The van der Waals surface area contributed by atoms with Crippen molar-refractivity contribution in [3.63, 3.8) is 0 Å². The number of ether oxygens (including phenoxy) is 1. The third kappa shape index (κ3) is 10.2. The van der Waals surface area contributed by atoms with Gasteiger partial charge in [-0.2, -0.15) is 0 Å². The first-order valence-corrected chi connectivity index (χ1v) is 8.22. The maximum atomic E-state index is 5.60. The summed E-state index contributed by atoms with van der Waals surface area (Å²) in [5.41, 5.74) is 0. The van der Waals surface area contributed by atoms with Crippen molar-refractivity contribution in [2.75, 3.05) is 37.7 Å². The number of hydrogen-bond donors (Lipinski definition) is 0. The van der Waals surface area contributed by atoms with Crippen LogP contribution in [0.3, 0.4) is 0 Å². The van der Waals surface area contributed by atoms with Crippen LogP contribution in [0.2, 0.25) is 0 Å². The lowest BCUT2D eigenvalue weighted by Crippen LogP contribution is -2.08. The SMILES string of the molecule is CCC(C)COCCCS(C)(C)C. The van der Waals surface area contributed by atoms with Crippen molar-refractivity contribution in [1.82, 2.24) is 0 Å². The van der Waals surface area contributed by atoms with Gasteiger partial charge in [-0.3, -0.25) is 0 Å². The summed E-state index contributed by atoms with van der Waals surface area (Å²) in [7, 11) is -0.310. The van der Waals surface area contributed by atoms with Crippen LogP contribution >= 0.6 is 10.0 Å². The van der Waals surface area contributed by atoms with Gasteiger partial charge in [-0.1, -0.05) is 20.3 Å². The average Bonchev–Trinajstić information content (AvgIpc) is 2.01. The Labute approximate surface area is 85.6 Å². The van der Waals surface area contributed by atoms with Crippen LogP contribution < -0.4 is 0 Å². The van der Waals surface area contributed by atoms with Crippen molar-refractivity contribution in [3.8, 4) is 0 Å². The Hall–Kier alpha value is 0.310. The van der Waals surface area contributed by atoms with E-state index in [0.29, 0.717) is 0 Å². The monoisotopic (exact) mass is 206 g/mol. The molecule has 0 aromatic rings. The molecule has 0 bridgehead atoms. The lowest BCUT2D eigenvalue weighted by Gasteiger charge is -2.24. The molecule has 0 aliphatic rings. The second-order valence-electron chi connectivity index (χ2n) is 4.74. The number of hydrogen-bond acceptors (Lipinski definition) is 1. The average molecular weight is 206 g/mol. The fourth-order valence-electron chi connectivity index (χ4n) is 0.996. The van der Waals surface area contributed by atoms with Crippen LogP contribution in [-0.4, -0.2) is 37.7 Å². The molecular formula is C11H26OS. The summed E-state index contributed by atoms with van der Waals surface area (Å²) >= 11 is 0. The first-order chi connectivity index (χ1) is 5.95. The summed E-state index contributed by atoms with van der Waals surface area (Å²) in [4.78, 5) is 0. The summed E-state index contributed by atoms with van der Waals surface area (Å²) < 4.78 is 5.60. The van der Waals surface area contributed by atoms with Crippen LogP contribution in [0.25, 0.3) is 0 Å². The van der Waals surface area contributed by atoms with Gasteiger partial charge in [0.15, 0.2) is 0 Å². The predicted molar refractivity (Wildman–Crippen MR) is 65.1 cm³/mol. The van der Waals surface area contributed by atoms with Crippen molar-refractivity contribution < 1.29 is 4.74 Å². The van der Waals surface area contributed by atoms with Crippen LogP contribution in [0.4, 0.5) is 0 Å². The zero-order valence-electron chi connectivity index (χ0n) is 9.93. The van der Waals surface area contributed by atoms with E-state index in [0.717, 1.165) is 19.1 Å². The zero-order chi connectivity index (χ0) is 10.3.